The topological polar surface area (TPSA) is 61.0 Å². The van der Waals surface area contributed by atoms with Gasteiger partial charge in [-0.15, -0.1) is 0 Å². The standard InChI is InChI=1S/C12H12ClN3O/c1-8-4-9(14)2-3-11(8)17-7-10-5-16-12(13)6-15-10/h2-6H,7,14H2,1H3. The van der Waals surface area contributed by atoms with Crippen molar-refractivity contribution in [2.75, 3.05) is 5.73 Å². The number of nitrogens with two attached hydrogens (primary N) is 1. The van der Waals surface area contributed by atoms with Crippen molar-refractivity contribution < 1.29 is 4.74 Å². The van der Waals surface area contributed by atoms with Crippen molar-refractivity contribution >= 4 is 17.3 Å². The van der Waals surface area contributed by atoms with Gasteiger partial charge in [0.2, 0.25) is 0 Å². The summed E-state index contributed by atoms with van der Waals surface area (Å²) in [5, 5.41) is 0.373. The molecule has 0 aliphatic rings. The summed E-state index contributed by atoms with van der Waals surface area (Å²) in [4.78, 5) is 8.03. The zero-order chi connectivity index (χ0) is 12.3. The molecule has 1 heterocycles. The molecule has 0 saturated carbocycles. The number of hydrogen-bond acceptors (Lipinski definition) is 4. The lowest BCUT2D eigenvalue weighted by Gasteiger charge is -2.08. The summed E-state index contributed by atoms with van der Waals surface area (Å²) in [6.45, 7) is 2.30. The average molecular weight is 250 g/mol. The Hall–Kier alpha value is -1.81. The Morgan fingerprint density at radius 2 is 2.12 bits per heavy atom. The van der Waals surface area contributed by atoms with Gasteiger partial charge in [-0.1, -0.05) is 11.6 Å². The predicted octanol–water partition coefficient (Wildman–Crippen LogP) is 2.60. The molecule has 0 aliphatic heterocycles. The molecule has 5 heteroatoms. The second-order valence-electron chi connectivity index (χ2n) is 3.64. The van der Waals surface area contributed by atoms with E-state index in [1.54, 1.807) is 12.3 Å². The Morgan fingerprint density at radius 1 is 1.29 bits per heavy atom. The fraction of sp³-hybridized carbons (Fsp3) is 0.167. The highest BCUT2D eigenvalue weighted by molar-refractivity contribution is 6.29. The van der Waals surface area contributed by atoms with Gasteiger partial charge in [-0.05, 0) is 30.7 Å². The summed E-state index contributed by atoms with van der Waals surface area (Å²) < 4.78 is 5.62. The van der Waals surface area contributed by atoms with Gasteiger partial charge in [0.15, 0.2) is 0 Å². The first kappa shape index (κ1) is 11.7. The number of ether oxygens (including phenoxy) is 1. The van der Waals surface area contributed by atoms with Crippen LogP contribution in [0.2, 0.25) is 5.15 Å². The van der Waals surface area contributed by atoms with E-state index in [4.69, 9.17) is 22.1 Å². The van der Waals surface area contributed by atoms with Gasteiger partial charge in [-0.3, -0.25) is 4.98 Å². The third-order valence-electron chi connectivity index (χ3n) is 2.25. The van der Waals surface area contributed by atoms with E-state index >= 15 is 0 Å². The van der Waals surface area contributed by atoms with Crippen molar-refractivity contribution in [1.29, 1.82) is 0 Å². The van der Waals surface area contributed by atoms with E-state index in [2.05, 4.69) is 9.97 Å². The van der Waals surface area contributed by atoms with Gasteiger partial charge >= 0.3 is 0 Å². The minimum atomic E-state index is 0.356. The molecule has 0 fully saturated rings. The summed E-state index contributed by atoms with van der Waals surface area (Å²) in [6.07, 6.45) is 3.09. The molecular formula is C12H12ClN3O. The quantitative estimate of drug-likeness (QED) is 0.850. The van der Waals surface area contributed by atoms with Crippen LogP contribution in [-0.4, -0.2) is 9.97 Å². The predicted molar refractivity (Wildman–Crippen MR) is 67.0 cm³/mol. The Labute approximate surface area is 104 Å². The highest BCUT2D eigenvalue weighted by atomic mass is 35.5. The molecule has 0 spiro atoms. The van der Waals surface area contributed by atoms with Crippen LogP contribution >= 0.6 is 11.6 Å². The summed E-state index contributed by atoms with van der Waals surface area (Å²) in [5.41, 5.74) is 8.10. The van der Waals surface area contributed by atoms with E-state index in [9.17, 15) is 0 Å². The number of hydrogen-bond donors (Lipinski definition) is 1. The fourth-order valence-electron chi connectivity index (χ4n) is 1.40. The van der Waals surface area contributed by atoms with Crippen LogP contribution in [0, 0.1) is 6.92 Å². The maximum absolute atomic E-state index is 5.66. The van der Waals surface area contributed by atoms with Crippen molar-refractivity contribution in [3.63, 3.8) is 0 Å². The van der Waals surface area contributed by atoms with Crippen LogP contribution in [0.1, 0.15) is 11.3 Å². The molecule has 0 saturated heterocycles. The Bertz CT molecular complexity index is 514. The van der Waals surface area contributed by atoms with Crippen LogP contribution < -0.4 is 10.5 Å². The first-order chi connectivity index (χ1) is 8.15. The second kappa shape index (κ2) is 5.01. The molecule has 17 heavy (non-hydrogen) atoms. The number of nitrogens with zero attached hydrogens (tertiary/aromatic N) is 2. The summed E-state index contributed by atoms with van der Waals surface area (Å²) >= 11 is 5.64. The van der Waals surface area contributed by atoms with E-state index in [-0.39, 0.29) is 0 Å². The summed E-state index contributed by atoms with van der Waals surface area (Å²) in [7, 11) is 0. The van der Waals surface area contributed by atoms with Crippen molar-refractivity contribution in [1.82, 2.24) is 9.97 Å². The molecule has 0 atom stereocenters. The number of anilines is 1. The molecule has 0 radical (unpaired) electrons. The smallest absolute Gasteiger partial charge is 0.147 e. The number of halogens is 1. The van der Waals surface area contributed by atoms with Gasteiger partial charge < -0.3 is 10.5 Å². The van der Waals surface area contributed by atoms with E-state index in [0.717, 1.165) is 22.7 Å². The normalized spacial score (nSPS) is 10.2. The first-order valence-corrected chi connectivity index (χ1v) is 5.48. The molecule has 0 bridgehead atoms. The van der Waals surface area contributed by atoms with Gasteiger partial charge in [0.1, 0.15) is 17.5 Å². The minimum Gasteiger partial charge on any atom is -0.487 e. The van der Waals surface area contributed by atoms with E-state index < -0.39 is 0 Å². The molecule has 1 aromatic heterocycles. The largest absolute Gasteiger partial charge is 0.487 e. The molecule has 0 unspecified atom stereocenters. The molecule has 2 aromatic rings. The lowest BCUT2D eigenvalue weighted by Crippen LogP contribution is -2.00. The first-order valence-electron chi connectivity index (χ1n) is 5.10. The average Bonchev–Trinajstić information content (AvgIpc) is 2.30. The molecular weight excluding hydrogens is 238 g/mol. The molecule has 2 rings (SSSR count). The lowest BCUT2D eigenvalue weighted by molar-refractivity contribution is 0.299. The molecule has 0 aliphatic carbocycles. The number of rotatable bonds is 3. The highest BCUT2D eigenvalue weighted by Crippen LogP contribution is 2.20. The van der Waals surface area contributed by atoms with E-state index in [1.165, 1.54) is 6.20 Å². The van der Waals surface area contributed by atoms with E-state index in [1.807, 2.05) is 19.1 Å². The number of benzene rings is 1. The minimum absolute atomic E-state index is 0.356. The van der Waals surface area contributed by atoms with Crippen molar-refractivity contribution in [2.24, 2.45) is 0 Å². The van der Waals surface area contributed by atoms with Gasteiger partial charge in [0, 0.05) is 5.69 Å². The van der Waals surface area contributed by atoms with E-state index in [0.29, 0.717) is 11.8 Å². The zero-order valence-electron chi connectivity index (χ0n) is 9.35. The second-order valence-corrected chi connectivity index (χ2v) is 4.03. The number of nitrogen functional groups attached to an aromatic ring is 1. The summed E-state index contributed by atoms with van der Waals surface area (Å²) in [5.74, 6) is 0.788. The Kier molecular flexibility index (Phi) is 3.44. The molecule has 1 aromatic carbocycles. The number of aryl methyl sites for hydroxylation is 1. The van der Waals surface area contributed by atoms with Crippen LogP contribution in [-0.2, 0) is 6.61 Å². The Balaban J connectivity index is 2.04. The number of aromatic nitrogens is 2. The highest BCUT2D eigenvalue weighted by Gasteiger charge is 2.01. The molecule has 4 nitrogen and oxygen atoms in total. The summed E-state index contributed by atoms with van der Waals surface area (Å²) in [6, 6.07) is 5.51. The van der Waals surface area contributed by atoms with Crippen molar-refractivity contribution in [3.8, 4) is 5.75 Å². The Morgan fingerprint density at radius 3 is 2.76 bits per heavy atom. The maximum Gasteiger partial charge on any atom is 0.147 e. The molecule has 2 N–H and O–H groups in total. The molecule has 0 amide bonds. The van der Waals surface area contributed by atoms with Crippen LogP contribution in [0.3, 0.4) is 0 Å². The van der Waals surface area contributed by atoms with Crippen molar-refractivity contribution in [3.05, 3.63) is 47.0 Å². The van der Waals surface area contributed by atoms with Crippen LogP contribution in [0.5, 0.6) is 5.75 Å². The van der Waals surface area contributed by atoms with Gasteiger partial charge in [-0.2, -0.15) is 0 Å². The maximum atomic E-state index is 5.66. The lowest BCUT2D eigenvalue weighted by atomic mass is 10.2. The van der Waals surface area contributed by atoms with Crippen LogP contribution in [0.15, 0.2) is 30.6 Å². The van der Waals surface area contributed by atoms with Crippen LogP contribution in [0.4, 0.5) is 5.69 Å². The van der Waals surface area contributed by atoms with Crippen LogP contribution in [0.25, 0.3) is 0 Å². The van der Waals surface area contributed by atoms with Gasteiger partial charge in [0.05, 0.1) is 18.1 Å². The zero-order valence-corrected chi connectivity index (χ0v) is 10.1. The van der Waals surface area contributed by atoms with Crippen molar-refractivity contribution in [2.45, 2.75) is 13.5 Å². The molecule has 88 valence electrons. The monoisotopic (exact) mass is 249 g/mol. The van der Waals surface area contributed by atoms with Gasteiger partial charge in [0.25, 0.3) is 0 Å². The van der Waals surface area contributed by atoms with Gasteiger partial charge in [-0.25, -0.2) is 4.98 Å². The third-order valence-corrected chi connectivity index (χ3v) is 2.44. The fourth-order valence-corrected chi connectivity index (χ4v) is 1.50. The SMILES string of the molecule is Cc1cc(N)ccc1OCc1cnc(Cl)cn1. The third kappa shape index (κ3) is 3.07.